The van der Waals surface area contributed by atoms with E-state index in [0.717, 1.165) is 5.56 Å². The van der Waals surface area contributed by atoms with Crippen molar-refractivity contribution in [1.29, 1.82) is 0 Å². The van der Waals surface area contributed by atoms with Gasteiger partial charge in [-0.2, -0.15) is 0 Å². The zero-order chi connectivity index (χ0) is 16.8. The molecule has 2 aromatic carbocycles. The van der Waals surface area contributed by atoms with Crippen molar-refractivity contribution in [2.45, 2.75) is 13.5 Å². The zero-order valence-corrected chi connectivity index (χ0v) is 14.1. The van der Waals surface area contributed by atoms with E-state index in [1.54, 1.807) is 36.4 Å². The third-order valence-electron chi connectivity index (χ3n) is 3.22. The molecule has 1 N–H and O–H groups in total. The Labute approximate surface area is 145 Å². The van der Waals surface area contributed by atoms with Gasteiger partial charge in [0.15, 0.2) is 0 Å². The summed E-state index contributed by atoms with van der Waals surface area (Å²) < 4.78 is 0. The molecule has 2 rings (SSSR count). The van der Waals surface area contributed by atoms with Gasteiger partial charge in [-0.3, -0.25) is 9.59 Å². The number of rotatable bonds is 5. The van der Waals surface area contributed by atoms with E-state index in [1.807, 2.05) is 12.1 Å². The van der Waals surface area contributed by atoms with Crippen LogP contribution in [0.2, 0.25) is 10.0 Å². The average Bonchev–Trinajstić information content (AvgIpc) is 2.53. The summed E-state index contributed by atoms with van der Waals surface area (Å²) in [4.78, 5) is 25.3. The number of anilines is 1. The summed E-state index contributed by atoms with van der Waals surface area (Å²) in [5.74, 6) is -0.459. The Balaban J connectivity index is 1.96. The third kappa shape index (κ3) is 5.27. The lowest BCUT2D eigenvalue weighted by atomic mass is 10.2. The number of benzene rings is 2. The van der Waals surface area contributed by atoms with Crippen LogP contribution in [0.3, 0.4) is 0 Å². The third-order valence-corrected chi connectivity index (χ3v) is 3.73. The van der Waals surface area contributed by atoms with Crippen LogP contribution in [0.1, 0.15) is 12.5 Å². The second-order valence-electron chi connectivity index (χ2n) is 4.98. The summed E-state index contributed by atoms with van der Waals surface area (Å²) in [5, 5.41) is 4.00. The lowest BCUT2D eigenvalue weighted by Gasteiger charge is -2.20. The monoisotopic (exact) mass is 350 g/mol. The van der Waals surface area contributed by atoms with Crippen LogP contribution in [-0.2, 0) is 16.1 Å². The first-order valence-corrected chi connectivity index (χ1v) is 7.76. The van der Waals surface area contributed by atoms with Crippen LogP contribution in [0.5, 0.6) is 0 Å². The molecule has 2 aromatic rings. The normalized spacial score (nSPS) is 10.2. The van der Waals surface area contributed by atoms with Crippen molar-refractivity contribution in [1.82, 2.24) is 5.32 Å². The van der Waals surface area contributed by atoms with Gasteiger partial charge in [0.1, 0.15) is 6.54 Å². The van der Waals surface area contributed by atoms with Gasteiger partial charge < -0.3 is 10.2 Å². The summed E-state index contributed by atoms with van der Waals surface area (Å²) in [6.07, 6.45) is 0. The molecule has 23 heavy (non-hydrogen) atoms. The number of amides is 2. The van der Waals surface area contributed by atoms with Crippen molar-refractivity contribution >= 4 is 40.7 Å². The summed E-state index contributed by atoms with van der Waals surface area (Å²) in [6.45, 7) is 1.74. The number of carbonyl (C=O) groups excluding carboxylic acids is 2. The van der Waals surface area contributed by atoms with Gasteiger partial charge in [-0.15, -0.1) is 0 Å². The van der Waals surface area contributed by atoms with Crippen molar-refractivity contribution in [2.24, 2.45) is 0 Å². The number of nitrogens with zero attached hydrogens (tertiary/aromatic N) is 1. The van der Waals surface area contributed by atoms with E-state index in [2.05, 4.69) is 5.32 Å². The second kappa shape index (κ2) is 7.99. The first-order valence-electron chi connectivity index (χ1n) is 7.00. The van der Waals surface area contributed by atoms with E-state index in [1.165, 1.54) is 11.8 Å². The molecule has 0 fully saturated rings. The van der Waals surface area contributed by atoms with Gasteiger partial charge in [0, 0.05) is 29.2 Å². The standard InChI is InChI=1S/C17H16Cl2N2O2/c1-12(22)21(16-8-6-15(19)7-9-16)11-17(23)20-10-13-2-4-14(18)5-3-13/h2-9H,10-11H2,1H3,(H,20,23). The Morgan fingerprint density at radius 3 is 2.00 bits per heavy atom. The number of nitrogens with one attached hydrogen (secondary N) is 1. The first-order chi connectivity index (χ1) is 11.0. The van der Waals surface area contributed by atoms with Crippen LogP contribution < -0.4 is 10.2 Å². The van der Waals surface area contributed by atoms with E-state index < -0.39 is 0 Å². The van der Waals surface area contributed by atoms with E-state index in [9.17, 15) is 9.59 Å². The van der Waals surface area contributed by atoms with Gasteiger partial charge in [0.2, 0.25) is 11.8 Å². The molecule has 0 radical (unpaired) electrons. The van der Waals surface area contributed by atoms with Gasteiger partial charge in [0.05, 0.1) is 0 Å². The van der Waals surface area contributed by atoms with E-state index in [4.69, 9.17) is 23.2 Å². The average molecular weight is 351 g/mol. The molecule has 120 valence electrons. The molecule has 0 saturated heterocycles. The molecule has 0 aliphatic carbocycles. The fourth-order valence-corrected chi connectivity index (χ4v) is 2.26. The number of hydrogen-bond donors (Lipinski definition) is 1. The van der Waals surface area contributed by atoms with Crippen LogP contribution in [0.25, 0.3) is 0 Å². The van der Waals surface area contributed by atoms with Crippen LogP contribution in [0, 0.1) is 0 Å². The Hall–Kier alpha value is -2.04. The Bertz CT molecular complexity index is 685. The molecule has 0 aliphatic rings. The van der Waals surface area contributed by atoms with Crippen molar-refractivity contribution in [2.75, 3.05) is 11.4 Å². The predicted molar refractivity (Wildman–Crippen MR) is 92.8 cm³/mol. The fraction of sp³-hybridized carbons (Fsp3) is 0.176. The molecule has 0 atom stereocenters. The second-order valence-corrected chi connectivity index (χ2v) is 5.86. The number of carbonyl (C=O) groups is 2. The molecular formula is C17H16Cl2N2O2. The molecule has 0 aliphatic heterocycles. The molecule has 4 nitrogen and oxygen atoms in total. The zero-order valence-electron chi connectivity index (χ0n) is 12.6. The van der Waals surface area contributed by atoms with Crippen molar-refractivity contribution < 1.29 is 9.59 Å². The Morgan fingerprint density at radius 1 is 0.957 bits per heavy atom. The van der Waals surface area contributed by atoms with Gasteiger partial charge in [0.25, 0.3) is 0 Å². The minimum atomic E-state index is -0.245. The smallest absolute Gasteiger partial charge is 0.240 e. The molecule has 0 saturated carbocycles. The van der Waals surface area contributed by atoms with Crippen LogP contribution in [-0.4, -0.2) is 18.4 Å². The molecule has 2 amide bonds. The number of halogens is 2. The topological polar surface area (TPSA) is 49.4 Å². The van der Waals surface area contributed by atoms with E-state index in [-0.39, 0.29) is 18.4 Å². The van der Waals surface area contributed by atoms with E-state index >= 15 is 0 Å². The first kappa shape index (κ1) is 17.3. The molecule has 6 heteroatoms. The molecule has 0 spiro atoms. The Kier molecular flexibility index (Phi) is 6.02. The molecular weight excluding hydrogens is 335 g/mol. The quantitative estimate of drug-likeness (QED) is 0.894. The molecule has 0 unspecified atom stereocenters. The van der Waals surface area contributed by atoms with Gasteiger partial charge in [-0.05, 0) is 42.0 Å². The van der Waals surface area contributed by atoms with Crippen molar-refractivity contribution in [3.63, 3.8) is 0 Å². The van der Waals surface area contributed by atoms with Crippen molar-refractivity contribution in [3.05, 3.63) is 64.1 Å². The lowest BCUT2D eigenvalue weighted by molar-refractivity contribution is -0.123. The van der Waals surface area contributed by atoms with Crippen molar-refractivity contribution in [3.8, 4) is 0 Å². The highest BCUT2D eigenvalue weighted by atomic mass is 35.5. The summed E-state index contributed by atoms with van der Waals surface area (Å²) >= 11 is 11.7. The maximum absolute atomic E-state index is 12.1. The fourth-order valence-electron chi connectivity index (χ4n) is 2.01. The Morgan fingerprint density at radius 2 is 1.48 bits per heavy atom. The van der Waals surface area contributed by atoms with E-state index in [0.29, 0.717) is 22.3 Å². The van der Waals surface area contributed by atoms with Crippen LogP contribution in [0.15, 0.2) is 48.5 Å². The minimum Gasteiger partial charge on any atom is -0.350 e. The molecule has 0 heterocycles. The largest absolute Gasteiger partial charge is 0.350 e. The summed E-state index contributed by atoms with van der Waals surface area (Å²) in [5.41, 5.74) is 1.56. The number of hydrogen-bond acceptors (Lipinski definition) is 2. The maximum atomic E-state index is 12.1. The predicted octanol–water partition coefficient (Wildman–Crippen LogP) is 3.66. The highest BCUT2D eigenvalue weighted by Crippen LogP contribution is 2.18. The van der Waals surface area contributed by atoms with Crippen LogP contribution >= 0.6 is 23.2 Å². The van der Waals surface area contributed by atoms with Gasteiger partial charge >= 0.3 is 0 Å². The maximum Gasteiger partial charge on any atom is 0.240 e. The molecule has 0 bridgehead atoms. The minimum absolute atomic E-state index is 0.0510. The SMILES string of the molecule is CC(=O)N(CC(=O)NCc1ccc(Cl)cc1)c1ccc(Cl)cc1. The van der Waals surface area contributed by atoms with Gasteiger partial charge in [-0.1, -0.05) is 35.3 Å². The highest BCUT2D eigenvalue weighted by Gasteiger charge is 2.15. The molecule has 0 aromatic heterocycles. The highest BCUT2D eigenvalue weighted by molar-refractivity contribution is 6.30. The van der Waals surface area contributed by atoms with Crippen LogP contribution in [0.4, 0.5) is 5.69 Å². The lowest BCUT2D eigenvalue weighted by Crippen LogP contribution is -2.39. The van der Waals surface area contributed by atoms with Gasteiger partial charge in [-0.25, -0.2) is 0 Å². The summed E-state index contributed by atoms with van der Waals surface area (Å²) in [6, 6.07) is 14.0. The summed E-state index contributed by atoms with van der Waals surface area (Å²) in [7, 11) is 0.